The lowest BCUT2D eigenvalue weighted by Gasteiger charge is -2.53. The van der Waals surface area contributed by atoms with E-state index in [0.29, 0.717) is 25.0 Å². The van der Waals surface area contributed by atoms with Crippen LogP contribution in [-0.4, -0.2) is 25.2 Å². The Bertz CT molecular complexity index is 322. The maximum atomic E-state index is 11.7. The molecule has 1 aliphatic rings. The fourth-order valence-corrected chi connectivity index (χ4v) is 2.84. The van der Waals surface area contributed by atoms with Crippen LogP contribution in [0.5, 0.6) is 0 Å². The maximum absolute atomic E-state index is 11.7. The van der Waals surface area contributed by atoms with Crippen LogP contribution in [0.25, 0.3) is 0 Å². The van der Waals surface area contributed by atoms with Crippen LogP contribution in [0.2, 0.25) is 0 Å². The van der Waals surface area contributed by atoms with Crippen LogP contribution in [0.15, 0.2) is 0 Å². The number of rotatable bonds is 5. The zero-order valence-electron chi connectivity index (χ0n) is 12.0. The van der Waals surface area contributed by atoms with Crippen molar-refractivity contribution in [3.05, 3.63) is 0 Å². The van der Waals surface area contributed by atoms with Crippen molar-refractivity contribution in [1.29, 1.82) is 0 Å². The Labute approximate surface area is 109 Å². The van der Waals surface area contributed by atoms with Crippen molar-refractivity contribution in [3.8, 4) is 0 Å². The summed E-state index contributed by atoms with van der Waals surface area (Å²) in [5.41, 5.74) is 0.0155. The second-order valence-electron chi connectivity index (χ2n) is 5.70. The minimum Gasteiger partial charge on any atom is -0.466 e. The summed E-state index contributed by atoms with van der Waals surface area (Å²) in [6, 6.07) is 0. The monoisotopic (exact) mass is 256 g/mol. The van der Waals surface area contributed by atoms with Crippen molar-refractivity contribution in [2.75, 3.05) is 13.2 Å². The maximum Gasteiger partial charge on any atom is 0.308 e. The molecular formula is C14H24O4. The van der Waals surface area contributed by atoms with E-state index in [4.69, 9.17) is 9.47 Å². The van der Waals surface area contributed by atoms with E-state index >= 15 is 0 Å². The molecule has 1 rings (SSSR count). The summed E-state index contributed by atoms with van der Waals surface area (Å²) in [7, 11) is 0. The highest BCUT2D eigenvalue weighted by atomic mass is 16.5. The van der Waals surface area contributed by atoms with Gasteiger partial charge in [0.25, 0.3) is 0 Å². The number of carbonyl (C=O) groups is 2. The molecule has 1 saturated carbocycles. The molecule has 0 bridgehead atoms. The highest BCUT2D eigenvalue weighted by Crippen LogP contribution is 2.54. The third-order valence-corrected chi connectivity index (χ3v) is 4.30. The quantitative estimate of drug-likeness (QED) is 0.709. The standard InChI is InChI=1S/C14H24O4/c1-6-17-13(16)9(2)12-7-11(14(12,4)5)8-18-10(3)15/h9,11-12H,6-8H2,1-5H3. The Morgan fingerprint density at radius 1 is 1.33 bits per heavy atom. The molecule has 0 saturated heterocycles. The predicted molar refractivity (Wildman–Crippen MR) is 67.8 cm³/mol. The first-order valence-electron chi connectivity index (χ1n) is 6.60. The molecule has 0 N–H and O–H groups in total. The van der Waals surface area contributed by atoms with Gasteiger partial charge in [0, 0.05) is 6.92 Å². The van der Waals surface area contributed by atoms with Crippen LogP contribution < -0.4 is 0 Å². The van der Waals surface area contributed by atoms with Crippen molar-refractivity contribution < 1.29 is 19.1 Å². The zero-order chi connectivity index (χ0) is 13.9. The zero-order valence-corrected chi connectivity index (χ0v) is 12.0. The minimum absolute atomic E-state index is 0.0155. The van der Waals surface area contributed by atoms with Gasteiger partial charge in [-0.05, 0) is 30.6 Å². The average molecular weight is 256 g/mol. The summed E-state index contributed by atoms with van der Waals surface area (Å²) >= 11 is 0. The van der Waals surface area contributed by atoms with Gasteiger partial charge in [-0.15, -0.1) is 0 Å². The van der Waals surface area contributed by atoms with Gasteiger partial charge >= 0.3 is 11.9 Å². The molecule has 3 atom stereocenters. The van der Waals surface area contributed by atoms with Crippen LogP contribution in [0, 0.1) is 23.2 Å². The fraction of sp³-hybridized carbons (Fsp3) is 0.857. The topological polar surface area (TPSA) is 52.6 Å². The van der Waals surface area contributed by atoms with Crippen molar-refractivity contribution in [2.24, 2.45) is 23.2 Å². The molecule has 0 heterocycles. The first-order chi connectivity index (χ1) is 8.30. The molecule has 0 aromatic carbocycles. The second-order valence-corrected chi connectivity index (χ2v) is 5.70. The Kier molecular flexibility index (Phi) is 4.77. The van der Waals surface area contributed by atoms with Gasteiger partial charge in [0.1, 0.15) is 0 Å². The number of carbonyl (C=O) groups excluding carboxylic acids is 2. The normalized spacial score (nSPS) is 26.9. The summed E-state index contributed by atoms with van der Waals surface area (Å²) in [5.74, 6) is 0.183. The molecule has 4 heteroatoms. The van der Waals surface area contributed by atoms with Crippen LogP contribution in [-0.2, 0) is 19.1 Å². The third-order valence-electron chi connectivity index (χ3n) is 4.30. The van der Waals surface area contributed by atoms with E-state index in [1.54, 1.807) is 0 Å². The Morgan fingerprint density at radius 3 is 2.39 bits per heavy atom. The third kappa shape index (κ3) is 3.03. The first-order valence-corrected chi connectivity index (χ1v) is 6.60. The van der Waals surface area contributed by atoms with E-state index in [9.17, 15) is 9.59 Å². The Hall–Kier alpha value is -1.06. The first kappa shape index (κ1) is 15.0. The molecule has 4 nitrogen and oxygen atoms in total. The summed E-state index contributed by atoms with van der Waals surface area (Å²) in [6.45, 7) is 10.3. The molecule has 1 aliphatic carbocycles. The highest BCUT2D eigenvalue weighted by Gasteiger charge is 2.52. The lowest BCUT2D eigenvalue weighted by Crippen LogP contribution is -2.51. The van der Waals surface area contributed by atoms with Gasteiger partial charge in [0.05, 0.1) is 19.1 Å². The lowest BCUT2D eigenvalue weighted by molar-refractivity contribution is -0.165. The number of esters is 2. The van der Waals surface area contributed by atoms with E-state index < -0.39 is 0 Å². The van der Waals surface area contributed by atoms with E-state index in [0.717, 1.165) is 6.42 Å². The van der Waals surface area contributed by atoms with E-state index in [2.05, 4.69) is 13.8 Å². The molecule has 0 spiro atoms. The summed E-state index contributed by atoms with van der Waals surface area (Å²) in [6.07, 6.45) is 0.917. The van der Waals surface area contributed by atoms with Crippen LogP contribution in [0.1, 0.15) is 41.0 Å². The summed E-state index contributed by atoms with van der Waals surface area (Å²) < 4.78 is 10.1. The Morgan fingerprint density at radius 2 is 1.94 bits per heavy atom. The minimum atomic E-state index is -0.243. The molecule has 0 amide bonds. The highest BCUT2D eigenvalue weighted by molar-refractivity contribution is 5.72. The van der Waals surface area contributed by atoms with Gasteiger partial charge in [-0.1, -0.05) is 20.8 Å². The number of hydrogen-bond donors (Lipinski definition) is 0. The molecule has 1 fully saturated rings. The van der Waals surface area contributed by atoms with Gasteiger partial charge in [0.2, 0.25) is 0 Å². The molecule has 18 heavy (non-hydrogen) atoms. The van der Waals surface area contributed by atoms with E-state index in [-0.39, 0.29) is 23.3 Å². The number of ether oxygens (including phenoxy) is 2. The molecule has 0 radical (unpaired) electrons. The van der Waals surface area contributed by atoms with Crippen molar-refractivity contribution in [3.63, 3.8) is 0 Å². The smallest absolute Gasteiger partial charge is 0.308 e. The lowest BCUT2D eigenvalue weighted by atomic mass is 9.51. The molecule has 0 aromatic rings. The van der Waals surface area contributed by atoms with Crippen molar-refractivity contribution in [2.45, 2.75) is 41.0 Å². The Balaban J connectivity index is 2.52. The molecule has 104 valence electrons. The average Bonchev–Trinajstić information content (AvgIpc) is 2.27. The van der Waals surface area contributed by atoms with E-state index in [1.807, 2.05) is 13.8 Å². The van der Waals surface area contributed by atoms with Gasteiger partial charge in [0.15, 0.2) is 0 Å². The van der Waals surface area contributed by atoms with Gasteiger partial charge < -0.3 is 9.47 Å². The predicted octanol–water partition coefficient (Wildman–Crippen LogP) is 2.41. The van der Waals surface area contributed by atoms with E-state index in [1.165, 1.54) is 6.92 Å². The van der Waals surface area contributed by atoms with Gasteiger partial charge in [-0.25, -0.2) is 0 Å². The largest absolute Gasteiger partial charge is 0.466 e. The van der Waals surface area contributed by atoms with Gasteiger partial charge in [-0.3, -0.25) is 9.59 Å². The summed E-state index contributed by atoms with van der Waals surface area (Å²) in [4.78, 5) is 22.5. The fourth-order valence-electron chi connectivity index (χ4n) is 2.84. The molecular weight excluding hydrogens is 232 g/mol. The molecule has 0 aromatic heterocycles. The second kappa shape index (κ2) is 5.72. The summed E-state index contributed by atoms with van der Waals surface area (Å²) in [5, 5.41) is 0. The van der Waals surface area contributed by atoms with Gasteiger partial charge in [-0.2, -0.15) is 0 Å². The van der Waals surface area contributed by atoms with Crippen molar-refractivity contribution >= 4 is 11.9 Å². The van der Waals surface area contributed by atoms with Crippen LogP contribution in [0.4, 0.5) is 0 Å². The van der Waals surface area contributed by atoms with Crippen molar-refractivity contribution in [1.82, 2.24) is 0 Å². The number of hydrogen-bond acceptors (Lipinski definition) is 4. The van der Waals surface area contributed by atoms with Crippen LogP contribution >= 0.6 is 0 Å². The molecule has 0 aliphatic heterocycles. The SMILES string of the molecule is CCOC(=O)C(C)C1CC(COC(C)=O)C1(C)C. The molecule has 3 unspecified atom stereocenters. The van der Waals surface area contributed by atoms with Crippen LogP contribution in [0.3, 0.4) is 0 Å².